The standard InChI is InChI=1S/C6H10O3.C6H14O2/c1(5-3-8-5)7-2-6-4-9-6;1-5(7)4-6(2,3)8/h5-6H,1-4H2;5,7-8H,4H2,1-3H3. The van der Waals surface area contributed by atoms with E-state index >= 15 is 0 Å². The highest BCUT2D eigenvalue weighted by Crippen LogP contribution is 2.12. The molecule has 0 aromatic carbocycles. The van der Waals surface area contributed by atoms with E-state index in [1.165, 1.54) is 0 Å². The lowest BCUT2D eigenvalue weighted by Gasteiger charge is -2.17. The molecule has 2 rings (SSSR count). The zero-order valence-corrected chi connectivity index (χ0v) is 10.9. The van der Waals surface area contributed by atoms with Gasteiger partial charge in [-0.05, 0) is 20.8 Å². The molecule has 0 saturated carbocycles. The molecule has 5 nitrogen and oxygen atoms in total. The minimum absolute atomic E-state index is 0.392. The summed E-state index contributed by atoms with van der Waals surface area (Å²) in [6, 6.07) is 0. The molecule has 0 bridgehead atoms. The van der Waals surface area contributed by atoms with E-state index in [-0.39, 0.29) is 0 Å². The molecule has 2 N–H and O–H groups in total. The number of hydrogen-bond acceptors (Lipinski definition) is 5. The summed E-state index contributed by atoms with van der Waals surface area (Å²) in [5, 5.41) is 17.8. The predicted molar refractivity (Wildman–Crippen MR) is 62.9 cm³/mol. The zero-order valence-electron chi connectivity index (χ0n) is 10.9. The molecule has 0 amide bonds. The molecule has 17 heavy (non-hydrogen) atoms. The summed E-state index contributed by atoms with van der Waals surface area (Å²) in [6.45, 7) is 8.29. The fraction of sp³-hybridized carbons (Fsp3) is 1.00. The van der Waals surface area contributed by atoms with Crippen LogP contribution < -0.4 is 0 Å². The van der Waals surface area contributed by atoms with E-state index in [4.69, 9.17) is 24.4 Å². The Morgan fingerprint density at radius 3 is 1.82 bits per heavy atom. The molecule has 0 aromatic rings. The third kappa shape index (κ3) is 10.7. The van der Waals surface area contributed by atoms with Crippen LogP contribution in [0, 0.1) is 0 Å². The van der Waals surface area contributed by atoms with Gasteiger partial charge in [-0.3, -0.25) is 0 Å². The van der Waals surface area contributed by atoms with E-state index in [2.05, 4.69) is 0 Å². The fourth-order valence-electron chi connectivity index (χ4n) is 1.38. The highest BCUT2D eigenvalue weighted by Gasteiger charge is 2.26. The molecule has 2 saturated heterocycles. The van der Waals surface area contributed by atoms with E-state index in [1.54, 1.807) is 20.8 Å². The van der Waals surface area contributed by atoms with Gasteiger partial charge in [-0.15, -0.1) is 0 Å². The molecular formula is C12H24O5. The lowest BCUT2D eigenvalue weighted by molar-refractivity contribution is 0.0249. The van der Waals surface area contributed by atoms with E-state index in [0.717, 1.165) is 26.4 Å². The molecule has 3 unspecified atom stereocenters. The second kappa shape index (κ2) is 6.66. The minimum atomic E-state index is -0.728. The Kier molecular flexibility index (Phi) is 5.82. The van der Waals surface area contributed by atoms with Crippen molar-refractivity contribution in [1.82, 2.24) is 0 Å². The van der Waals surface area contributed by atoms with Crippen molar-refractivity contribution in [2.24, 2.45) is 0 Å². The van der Waals surface area contributed by atoms with Crippen molar-refractivity contribution in [3.63, 3.8) is 0 Å². The van der Waals surface area contributed by atoms with Crippen LogP contribution in [0.3, 0.4) is 0 Å². The Labute approximate surface area is 103 Å². The Morgan fingerprint density at radius 2 is 1.65 bits per heavy atom. The van der Waals surface area contributed by atoms with Crippen molar-refractivity contribution >= 4 is 0 Å². The molecule has 102 valence electrons. The normalized spacial score (nSPS) is 28.1. The molecule has 0 spiro atoms. The first-order valence-electron chi connectivity index (χ1n) is 6.08. The summed E-state index contributed by atoms with van der Waals surface area (Å²) < 4.78 is 15.1. The summed E-state index contributed by atoms with van der Waals surface area (Å²) in [5.74, 6) is 0. The molecule has 2 fully saturated rings. The van der Waals surface area contributed by atoms with E-state index in [9.17, 15) is 0 Å². The van der Waals surface area contributed by atoms with Crippen LogP contribution in [0.2, 0.25) is 0 Å². The van der Waals surface area contributed by atoms with Crippen LogP contribution in [-0.2, 0) is 14.2 Å². The van der Waals surface area contributed by atoms with Gasteiger partial charge in [-0.2, -0.15) is 0 Å². The van der Waals surface area contributed by atoms with Crippen molar-refractivity contribution in [3.8, 4) is 0 Å². The minimum Gasteiger partial charge on any atom is -0.393 e. The number of hydrogen-bond donors (Lipinski definition) is 2. The number of ether oxygens (including phenoxy) is 3. The third-order valence-electron chi connectivity index (χ3n) is 2.21. The third-order valence-corrected chi connectivity index (χ3v) is 2.21. The fourth-order valence-corrected chi connectivity index (χ4v) is 1.38. The molecule has 2 aliphatic rings. The monoisotopic (exact) mass is 248 g/mol. The van der Waals surface area contributed by atoms with Gasteiger partial charge in [-0.25, -0.2) is 0 Å². The van der Waals surface area contributed by atoms with Gasteiger partial charge < -0.3 is 24.4 Å². The Hall–Kier alpha value is -0.200. The SMILES string of the molecule is C(OCC1CO1)C1CO1.CC(O)CC(C)(C)O. The lowest BCUT2D eigenvalue weighted by Crippen LogP contribution is -2.24. The topological polar surface area (TPSA) is 74.8 Å². The smallest absolute Gasteiger partial charge is 0.104 e. The van der Waals surface area contributed by atoms with Crippen LogP contribution in [0.1, 0.15) is 27.2 Å². The molecule has 3 atom stereocenters. The number of rotatable bonds is 6. The van der Waals surface area contributed by atoms with Crippen LogP contribution >= 0.6 is 0 Å². The molecule has 0 aromatic heterocycles. The maximum absolute atomic E-state index is 9.03. The molecule has 0 aliphatic carbocycles. The van der Waals surface area contributed by atoms with Gasteiger partial charge in [0.05, 0.1) is 38.1 Å². The second-order valence-electron chi connectivity index (χ2n) is 5.31. The summed E-state index contributed by atoms with van der Waals surface area (Å²) in [4.78, 5) is 0. The van der Waals surface area contributed by atoms with Crippen LogP contribution in [0.4, 0.5) is 0 Å². The first-order chi connectivity index (χ1) is 7.87. The molecule has 2 aliphatic heterocycles. The van der Waals surface area contributed by atoms with E-state index in [1.807, 2.05) is 0 Å². The number of aliphatic hydroxyl groups is 2. The summed E-state index contributed by atoms with van der Waals surface area (Å²) in [6.07, 6.45) is 0.815. The summed E-state index contributed by atoms with van der Waals surface area (Å²) >= 11 is 0. The Balaban J connectivity index is 0.000000172. The average molecular weight is 248 g/mol. The van der Waals surface area contributed by atoms with Crippen molar-refractivity contribution in [2.75, 3.05) is 26.4 Å². The van der Waals surface area contributed by atoms with E-state index < -0.39 is 11.7 Å². The van der Waals surface area contributed by atoms with Crippen LogP contribution in [0.15, 0.2) is 0 Å². The average Bonchev–Trinajstić information content (AvgIpc) is 2.93. The molecule has 0 radical (unpaired) electrons. The van der Waals surface area contributed by atoms with Crippen LogP contribution in [0.25, 0.3) is 0 Å². The largest absolute Gasteiger partial charge is 0.393 e. The first-order valence-corrected chi connectivity index (χ1v) is 6.08. The van der Waals surface area contributed by atoms with Crippen LogP contribution in [-0.4, -0.2) is 60.6 Å². The van der Waals surface area contributed by atoms with Gasteiger partial charge in [0, 0.05) is 6.42 Å². The Morgan fingerprint density at radius 1 is 1.24 bits per heavy atom. The van der Waals surface area contributed by atoms with Gasteiger partial charge in [-0.1, -0.05) is 0 Å². The maximum Gasteiger partial charge on any atom is 0.104 e. The summed E-state index contributed by atoms with van der Waals surface area (Å²) in [5.41, 5.74) is -0.728. The van der Waals surface area contributed by atoms with Gasteiger partial charge in [0.1, 0.15) is 12.2 Å². The van der Waals surface area contributed by atoms with Crippen molar-refractivity contribution < 1.29 is 24.4 Å². The quantitative estimate of drug-likeness (QED) is 0.663. The first kappa shape index (κ1) is 14.9. The van der Waals surface area contributed by atoms with Gasteiger partial charge in [0.15, 0.2) is 0 Å². The lowest BCUT2D eigenvalue weighted by atomic mass is 10.0. The van der Waals surface area contributed by atoms with Crippen molar-refractivity contribution in [2.45, 2.75) is 51.1 Å². The van der Waals surface area contributed by atoms with Gasteiger partial charge in [0.25, 0.3) is 0 Å². The molecule has 2 heterocycles. The zero-order chi connectivity index (χ0) is 12.9. The Bertz CT molecular complexity index is 191. The molecule has 5 heteroatoms. The van der Waals surface area contributed by atoms with Crippen molar-refractivity contribution in [1.29, 1.82) is 0 Å². The highest BCUT2D eigenvalue weighted by molar-refractivity contribution is 4.71. The summed E-state index contributed by atoms with van der Waals surface area (Å²) in [7, 11) is 0. The number of aliphatic hydroxyl groups excluding tert-OH is 1. The maximum atomic E-state index is 9.03. The van der Waals surface area contributed by atoms with Gasteiger partial charge >= 0.3 is 0 Å². The highest BCUT2D eigenvalue weighted by atomic mass is 16.6. The van der Waals surface area contributed by atoms with Crippen LogP contribution in [0.5, 0.6) is 0 Å². The van der Waals surface area contributed by atoms with Crippen molar-refractivity contribution in [3.05, 3.63) is 0 Å². The second-order valence-corrected chi connectivity index (χ2v) is 5.31. The van der Waals surface area contributed by atoms with Gasteiger partial charge in [0.2, 0.25) is 0 Å². The number of epoxide rings is 2. The van der Waals surface area contributed by atoms with E-state index in [0.29, 0.717) is 18.6 Å². The predicted octanol–water partition coefficient (Wildman–Crippen LogP) is 0.329. The molecular weight excluding hydrogens is 224 g/mol.